The predicted octanol–water partition coefficient (Wildman–Crippen LogP) is 4.57. The van der Waals surface area contributed by atoms with Crippen LogP contribution < -0.4 is 5.32 Å². The molecular formula is C18H24BrNO. The Morgan fingerprint density at radius 2 is 1.95 bits per heavy atom. The summed E-state index contributed by atoms with van der Waals surface area (Å²) < 4.78 is 1.13. The fourth-order valence-electron chi connectivity index (χ4n) is 3.75. The van der Waals surface area contributed by atoms with Gasteiger partial charge in [0.2, 0.25) is 5.91 Å². The van der Waals surface area contributed by atoms with Gasteiger partial charge in [-0.15, -0.1) is 0 Å². The van der Waals surface area contributed by atoms with E-state index in [2.05, 4.69) is 45.5 Å². The van der Waals surface area contributed by atoms with Gasteiger partial charge in [-0.2, -0.15) is 0 Å². The van der Waals surface area contributed by atoms with Crippen molar-refractivity contribution in [1.29, 1.82) is 0 Å². The monoisotopic (exact) mass is 349 g/mol. The lowest BCUT2D eigenvalue weighted by Crippen LogP contribution is -2.47. The van der Waals surface area contributed by atoms with Crippen molar-refractivity contribution >= 4 is 21.8 Å². The van der Waals surface area contributed by atoms with E-state index in [1.54, 1.807) is 0 Å². The molecule has 2 fully saturated rings. The maximum atomic E-state index is 12.4. The highest BCUT2D eigenvalue weighted by Crippen LogP contribution is 2.43. The molecule has 21 heavy (non-hydrogen) atoms. The van der Waals surface area contributed by atoms with Crippen LogP contribution in [0.4, 0.5) is 0 Å². The molecule has 0 saturated heterocycles. The van der Waals surface area contributed by atoms with Crippen LogP contribution in [0, 0.1) is 5.92 Å². The number of hydrogen-bond acceptors (Lipinski definition) is 1. The van der Waals surface area contributed by atoms with Crippen molar-refractivity contribution in [2.75, 3.05) is 6.54 Å². The average Bonchev–Trinajstić information content (AvgIpc) is 2.47. The van der Waals surface area contributed by atoms with E-state index in [1.165, 1.54) is 44.1 Å². The minimum Gasteiger partial charge on any atom is -0.355 e. The first kappa shape index (κ1) is 15.1. The molecule has 0 radical (unpaired) electrons. The van der Waals surface area contributed by atoms with Crippen molar-refractivity contribution < 1.29 is 4.79 Å². The van der Waals surface area contributed by atoms with Crippen LogP contribution in [-0.4, -0.2) is 12.5 Å². The van der Waals surface area contributed by atoms with Crippen molar-refractivity contribution in [3.8, 4) is 0 Å². The Morgan fingerprint density at radius 1 is 1.19 bits per heavy atom. The van der Waals surface area contributed by atoms with E-state index in [-0.39, 0.29) is 17.2 Å². The maximum absolute atomic E-state index is 12.4. The quantitative estimate of drug-likeness (QED) is 0.847. The summed E-state index contributed by atoms with van der Waals surface area (Å²) in [5, 5.41) is 3.26. The first-order valence-electron chi connectivity index (χ1n) is 8.23. The molecule has 3 heteroatoms. The molecule has 0 bridgehead atoms. The number of benzene rings is 1. The molecule has 114 valence electrons. The molecule has 1 aromatic rings. The summed E-state index contributed by atoms with van der Waals surface area (Å²) in [6, 6.07) is 8.58. The third kappa shape index (κ3) is 3.33. The fourth-order valence-corrected chi connectivity index (χ4v) is 4.15. The molecule has 0 heterocycles. The van der Waals surface area contributed by atoms with E-state index in [0.717, 1.165) is 23.9 Å². The molecule has 0 atom stereocenters. The second-order valence-corrected chi connectivity index (χ2v) is 7.61. The number of rotatable bonds is 4. The Bertz CT molecular complexity index is 504. The summed E-state index contributed by atoms with van der Waals surface area (Å²) in [5.41, 5.74) is 1.54. The molecular weight excluding hydrogens is 326 g/mol. The molecule has 2 aliphatic carbocycles. The standard InChI is InChI=1S/C18H24BrNO/c19-16-9-4-8-15(12-16)18(10-5-11-18)13-20-17(21)14-6-2-1-3-7-14/h4,8-9,12,14H,1-3,5-7,10-11,13H2,(H,20,21). The van der Waals surface area contributed by atoms with Crippen LogP contribution in [0.2, 0.25) is 0 Å². The lowest BCUT2D eigenvalue weighted by molar-refractivity contribution is -0.126. The third-order valence-corrected chi connectivity index (χ3v) is 5.82. The Morgan fingerprint density at radius 3 is 2.57 bits per heavy atom. The second kappa shape index (κ2) is 6.51. The fraction of sp³-hybridized carbons (Fsp3) is 0.611. The Hall–Kier alpha value is -0.830. The van der Waals surface area contributed by atoms with Crippen molar-refractivity contribution in [3.63, 3.8) is 0 Å². The van der Waals surface area contributed by atoms with Crippen LogP contribution in [0.1, 0.15) is 56.9 Å². The molecule has 2 aliphatic rings. The Labute approximate surface area is 135 Å². The SMILES string of the molecule is O=C(NCC1(c2cccc(Br)c2)CCC1)C1CCCCC1. The first-order chi connectivity index (χ1) is 10.2. The van der Waals surface area contributed by atoms with E-state index in [4.69, 9.17) is 0 Å². The summed E-state index contributed by atoms with van der Waals surface area (Å²) >= 11 is 3.56. The molecule has 0 aromatic heterocycles. The van der Waals surface area contributed by atoms with Crippen molar-refractivity contribution in [3.05, 3.63) is 34.3 Å². The molecule has 0 unspecified atom stereocenters. The van der Waals surface area contributed by atoms with Crippen LogP contribution in [0.25, 0.3) is 0 Å². The molecule has 3 rings (SSSR count). The zero-order chi connectivity index (χ0) is 14.7. The smallest absolute Gasteiger partial charge is 0.223 e. The predicted molar refractivity (Wildman–Crippen MR) is 89.3 cm³/mol. The van der Waals surface area contributed by atoms with Gasteiger partial charge in [-0.1, -0.05) is 53.7 Å². The summed E-state index contributed by atoms with van der Waals surface area (Å²) in [5.74, 6) is 0.550. The van der Waals surface area contributed by atoms with Gasteiger partial charge in [0.15, 0.2) is 0 Å². The molecule has 1 aromatic carbocycles. The summed E-state index contributed by atoms with van der Waals surface area (Å²) in [6.07, 6.45) is 9.54. The van der Waals surface area contributed by atoms with Crippen molar-refractivity contribution in [1.82, 2.24) is 5.32 Å². The number of hydrogen-bond donors (Lipinski definition) is 1. The van der Waals surface area contributed by atoms with Crippen LogP contribution in [-0.2, 0) is 10.2 Å². The third-order valence-electron chi connectivity index (χ3n) is 5.32. The van der Waals surface area contributed by atoms with Gasteiger partial charge in [-0.05, 0) is 43.4 Å². The van der Waals surface area contributed by atoms with Gasteiger partial charge in [0.05, 0.1) is 0 Å². The minimum atomic E-state index is 0.175. The highest BCUT2D eigenvalue weighted by Gasteiger charge is 2.39. The van der Waals surface area contributed by atoms with Crippen molar-refractivity contribution in [2.45, 2.75) is 56.8 Å². The van der Waals surface area contributed by atoms with E-state index >= 15 is 0 Å². The molecule has 0 spiro atoms. The molecule has 0 aliphatic heterocycles. The van der Waals surface area contributed by atoms with E-state index < -0.39 is 0 Å². The van der Waals surface area contributed by atoms with E-state index in [0.29, 0.717) is 0 Å². The Balaban J connectivity index is 1.63. The normalized spacial score (nSPS) is 21.6. The minimum absolute atomic E-state index is 0.175. The first-order valence-corrected chi connectivity index (χ1v) is 9.03. The highest BCUT2D eigenvalue weighted by atomic mass is 79.9. The summed E-state index contributed by atoms with van der Waals surface area (Å²) in [7, 11) is 0. The van der Waals surface area contributed by atoms with Crippen molar-refractivity contribution in [2.24, 2.45) is 5.92 Å². The number of nitrogens with one attached hydrogen (secondary N) is 1. The zero-order valence-electron chi connectivity index (χ0n) is 12.5. The molecule has 2 nitrogen and oxygen atoms in total. The summed E-state index contributed by atoms with van der Waals surface area (Å²) in [4.78, 5) is 12.4. The van der Waals surface area contributed by atoms with E-state index in [1.807, 2.05) is 0 Å². The van der Waals surface area contributed by atoms with Gasteiger partial charge >= 0.3 is 0 Å². The topological polar surface area (TPSA) is 29.1 Å². The van der Waals surface area contributed by atoms with Gasteiger partial charge in [0.25, 0.3) is 0 Å². The van der Waals surface area contributed by atoms with Gasteiger partial charge in [-0.25, -0.2) is 0 Å². The van der Waals surface area contributed by atoms with Gasteiger partial charge < -0.3 is 5.32 Å². The van der Waals surface area contributed by atoms with Crippen LogP contribution in [0.5, 0.6) is 0 Å². The molecule has 1 N–H and O–H groups in total. The van der Waals surface area contributed by atoms with Gasteiger partial charge in [0.1, 0.15) is 0 Å². The van der Waals surface area contributed by atoms with Gasteiger partial charge in [-0.3, -0.25) is 4.79 Å². The number of carbonyl (C=O) groups is 1. The zero-order valence-corrected chi connectivity index (χ0v) is 14.1. The number of halogens is 1. The van der Waals surface area contributed by atoms with Gasteiger partial charge in [0, 0.05) is 22.4 Å². The number of amides is 1. The highest BCUT2D eigenvalue weighted by molar-refractivity contribution is 9.10. The van der Waals surface area contributed by atoms with Crippen LogP contribution in [0.15, 0.2) is 28.7 Å². The van der Waals surface area contributed by atoms with E-state index in [9.17, 15) is 4.79 Å². The molecule has 2 saturated carbocycles. The lowest BCUT2D eigenvalue weighted by Gasteiger charge is -2.43. The largest absolute Gasteiger partial charge is 0.355 e. The van der Waals surface area contributed by atoms with Crippen LogP contribution >= 0.6 is 15.9 Å². The molecule has 1 amide bonds. The van der Waals surface area contributed by atoms with Crippen LogP contribution in [0.3, 0.4) is 0 Å². The lowest BCUT2D eigenvalue weighted by atomic mass is 9.64. The maximum Gasteiger partial charge on any atom is 0.223 e. The Kier molecular flexibility index (Phi) is 4.68. The average molecular weight is 350 g/mol. The summed E-state index contributed by atoms with van der Waals surface area (Å²) in [6.45, 7) is 0.804. The second-order valence-electron chi connectivity index (χ2n) is 6.70. The number of carbonyl (C=O) groups excluding carboxylic acids is 1.